The summed E-state index contributed by atoms with van der Waals surface area (Å²) in [6.07, 6.45) is 1.57. The van der Waals surface area contributed by atoms with Crippen molar-refractivity contribution >= 4 is 78.8 Å². The van der Waals surface area contributed by atoms with Crippen molar-refractivity contribution in [2.75, 3.05) is 5.32 Å². The molecule has 0 aliphatic carbocycles. The van der Waals surface area contributed by atoms with Gasteiger partial charge < -0.3 is 10.1 Å². The highest BCUT2D eigenvalue weighted by Gasteiger charge is 2.13. The first-order valence-corrected chi connectivity index (χ1v) is 12.2. The maximum atomic E-state index is 12.5. The average Bonchev–Trinajstić information content (AvgIpc) is 2.72. The summed E-state index contributed by atoms with van der Waals surface area (Å²) in [5.41, 5.74) is 3.51. The normalized spacial score (nSPS) is 11.0. The quantitative estimate of drug-likeness (QED) is 0.170. The number of benzene rings is 3. The van der Waals surface area contributed by atoms with Crippen molar-refractivity contribution in [3.63, 3.8) is 0 Å². The summed E-state index contributed by atoms with van der Waals surface area (Å²) in [5, 5.41) is 12.3. The second kappa shape index (κ2) is 11.1. The lowest BCUT2D eigenvalue weighted by molar-refractivity contribution is -0.112. The van der Waals surface area contributed by atoms with E-state index in [1.165, 1.54) is 3.57 Å². The molecule has 1 N–H and O–H groups in total. The van der Waals surface area contributed by atoms with Gasteiger partial charge in [0, 0.05) is 9.26 Å². The Morgan fingerprint density at radius 3 is 2.55 bits per heavy atom. The zero-order valence-corrected chi connectivity index (χ0v) is 22.4. The van der Waals surface area contributed by atoms with E-state index in [4.69, 9.17) is 4.74 Å². The molecule has 0 bridgehead atoms. The van der Waals surface area contributed by atoms with Gasteiger partial charge in [0.05, 0.1) is 8.04 Å². The van der Waals surface area contributed by atoms with Crippen molar-refractivity contribution in [2.24, 2.45) is 0 Å². The summed E-state index contributed by atoms with van der Waals surface area (Å²) in [6, 6.07) is 21.3. The minimum atomic E-state index is -0.446. The molecule has 0 spiro atoms. The second-order valence-electron chi connectivity index (χ2n) is 6.72. The summed E-state index contributed by atoms with van der Waals surface area (Å²) in [7, 11) is 0. The van der Waals surface area contributed by atoms with Crippen LogP contribution in [0.15, 0.2) is 70.7 Å². The highest BCUT2D eigenvalue weighted by atomic mass is 127. The van der Waals surface area contributed by atoms with Crippen LogP contribution in [0, 0.1) is 25.4 Å². The average molecular weight is 699 g/mol. The minimum Gasteiger partial charge on any atom is -0.487 e. The highest BCUT2D eigenvalue weighted by molar-refractivity contribution is 14.1. The van der Waals surface area contributed by atoms with Gasteiger partial charge in [-0.2, -0.15) is 5.26 Å². The summed E-state index contributed by atoms with van der Waals surface area (Å²) < 4.78 is 8.80. The van der Waals surface area contributed by atoms with Crippen LogP contribution < -0.4 is 10.1 Å². The number of anilines is 1. The zero-order chi connectivity index (χ0) is 22.4. The number of hydrogen-bond acceptors (Lipinski definition) is 3. The molecule has 4 nitrogen and oxygen atoms in total. The van der Waals surface area contributed by atoms with E-state index < -0.39 is 5.91 Å². The standard InChI is InChI=1S/C24H17BrI2N2O2/c1-15-3-2-4-20(9-15)29-24(30)18(13-28)10-17-11-21(25)23(22(27)12-17)31-14-16-5-7-19(26)8-6-16/h2-12H,14H2,1H3,(H,29,30)/b18-10-. The van der Waals surface area contributed by atoms with Crippen LogP contribution in [-0.4, -0.2) is 5.91 Å². The number of halogens is 3. The van der Waals surface area contributed by atoms with Crippen molar-refractivity contribution < 1.29 is 9.53 Å². The van der Waals surface area contributed by atoms with Crippen molar-refractivity contribution in [3.8, 4) is 11.8 Å². The number of carbonyl (C=O) groups excluding carboxylic acids is 1. The molecule has 0 saturated heterocycles. The molecule has 3 aromatic carbocycles. The number of rotatable bonds is 6. The van der Waals surface area contributed by atoms with Gasteiger partial charge in [0.2, 0.25) is 0 Å². The molecular formula is C24H17BrI2N2O2. The predicted octanol–water partition coefficient (Wildman–Crippen LogP) is 7.09. The van der Waals surface area contributed by atoms with Gasteiger partial charge in [-0.25, -0.2) is 0 Å². The first kappa shape index (κ1) is 23.8. The van der Waals surface area contributed by atoms with Gasteiger partial charge in [0.25, 0.3) is 5.91 Å². The predicted molar refractivity (Wildman–Crippen MR) is 144 cm³/mol. The van der Waals surface area contributed by atoms with E-state index in [-0.39, 0.29) is 5.57 Å². The number of carbonyl (C=O) groups is 1. The Morgan fingerprint density at radius 1 is 1.16 bits per heavy atom. The molecule has 0 unspecified atom stereocenters. The Bertz CT molecular complexity index is 1160. The lowest BCUT2D eigenvalue weighted by Gasteiger charge is -2.12. The zero-order valence-electron chi connectivity index (χ0n) is 16.5. The molecule has 0 fully saturated rings. The molecule has 3 rings (SSSR count). The fourth-order valence-corrected chi connectivity index (χ4v) is 4.90. The van der Waals surface area contributed by atoms with Crippen LogP contribution in [0.25, 0.3) is 6.08 Å². The van der Waals surface area contributed by atoms with Crippen molar-refractivity contribution in [1.29, 1.82) is 5.26 Å². The highest BCUT2D eigenvalue weighted by Crippen LogP contribution is 2.33. The second-order valence-corrected chi connectivity index (χ2v) is 9.98. The van der Waals surface area contributed by atoms with Gasteiger partial charge in [-0.05, 0) is 127 Å². The van der Waals surface area contributed by atoms with Crippen LogP contribution in [0.1, 0.15) is 16.7 Å². The summed E-state index contributed by atoms with van der Waals surface area (Å²) in [4.78, 5) is 12.5. The number of hydrogen-bond donors (Lipinski definition) is 1. The summed E-state index contributed by atoms with van der Waals surface area (Å²) in [6.45, 7) is 2.39. The van der Waals surface area contributed by atoms with Gasteiger partial charge in [-0.1, -0.05) is 24.3 Å². The minimum absolute atomic E-state index is 0.0248. The van der Waals surface area contributed by atoms with Crippen LogP contribution in [0.3, 0.4) is 0 Å². The number of amides is 1. The van der Waals surface area contributed by atoms with E-state index in [0.717, 1.165) is 30.5 Å². The molecule has 3 aromatic rings. The van der Waals surface area contributed by atoms with Gasteiger partial charge in [-0.3, -0.25) is 4.79 Å². The number of nitrogens with zero attached hydrogens (tertiary/aromatic N) is 1. The molecule has 156 valence electrons. The lowest BCUT2D eigenvalue weighted by atomic mass is 10.1. The molecule has 31 heavy (non-hydrogen) atoms. The molecule has 1 amide bonds. The van der Waals surface area contributed by atoms with Crippen LogP contribution in [0.4, 0.5) is 5.69 Å². The fraction of sp³-hybridized carbons (Fsp3) is 0.0833. The van der Waals surface area contributed by atoms with Crippen LogP contribution >= 0.6 is 61.1 Å². The van der Waals surface area contributed by atoms with E-state index in [2.05, 4.69) is 66.4 Å². The van der Waals surface area contributed by atoms with Crippen molar-refractivity contribution in [3.05, 3.63) is 94.5 Å². The Labute approximate surface area is 217 Å². The van der Waals surface area contributed by atoms with Crippen LogP contribution in [-0.2, 0) is 11.4 Å². The molecule has 0 radical (unpaired) electrons. The SMILES string of the molecule is Cc1cccc(NC(=O)/C(C#N)=C\c2cc(Br)c(OCc3ccc(I)cc3)c(I)c2)c1. The van der Waals surface area contributed by atoms with Crippen LogP contribution in [0.2, 0.25) is 0 Å². The first-order chi connectivity index (χ1) is 14.9. The van der Waals surface area contributed by atoms with Crippen molar-refractivity contribution in [1.82, 2.24) is 0 Å². The fourth-order valence-electron chi connectivity index (χ4n) is 2.77. The molecule has 0 atom stereocenters. The van der Waals surface area contributed by atoms with E-state index in [1.807, 2.05) is 67.6 Å². The van der Waals surface area contributed by atoms with Gasteiger partial charge in [0.15, 0.2) is 0 Å². The lowest BCUT2D eigenvalue weighted by Crippen LogP contribution is -2.13. The van der Waals surface area contributed by atoms with E-state index in [1.54, 1.807) is 12.1 Å². The molecule has 0 heterocycles. The third kappa shape index (κ3) is 6.79. The summed E-state index contributed by atoms with van der Waals surface area (Å²) in [5.74, 6) is 0.275. The smallest absolute Gasteiger partial charge is 0.266 e. The maximum Gasteiger partial charge on any atom is 0.266 e. The molecule has 7 heteroatoms. The maximum absolute atomic E-state index is 12.5. The Hall–Kier alpha value is -1.90. The Kier molecular flexibility index (Phi) is 8.51. The molecule has 0 aliphatic rings. The molecular weight excluding hydrogens is 682 g/mol. The Balaban J connectivity index is 1.76. The third-order valence-electron chi connectivity index (χ3n) is 4.27. The molecule has 0 aliphatic heterocycles. The molecule has 0 saturated carbocycles. The monoisotopic (exact) mass is 698 g/mol. The van der Waals surface area contributed by atoms with E-state index in [0.29, 0.717) is 12.3 Å². The van der Waals surface area contributed by atoms with Gasteiger partial charge >= 0.3 is 0 Å². The largest absolute Gasteiger partial charge is 0.487 e. The van der Waals surface area contributed by atoms with Gasteiger partial charge in [0.1, 0.15) is 24.0 Å². The number of nitriles is 1. The van der Waals surface area contributed by atoms with Crippen LogP contribution in [0.5, 0.6) is 5.75 Å². The van der Waals surface area contributed by atoms with Gasteiger partial charge in [-0.15, -0.1) is 0 Å². The topological polar surface area (TPSA) is 62.1 Å². The summed E-state index contributed by atoms with van der Waals surface area (Å²) >= 11 is 8.01. The van der Waals surface area contributed by atoms with Crippen molar-refractivity contribution in [2.45, 2.75) is 13.5 Å². The number of ether oxygens (including phenoxy) is 1. The first-order valence-electron chi connectivity index (χ1n) is 9.22. The third-order valence-corrected chi connectivity index (χ3v) is 6.38. The van der Waals surface area contributed by atoms with E-state index >= 15 is 0 Å². The number of aryl methyl sites for hydroxylation is 1. The number of nitrogens with one attached hydrogen (secondary N) is 1. The molecule has 0 aromatic heterocycles. The Morgan fingerprint density at radius 2 is 1.90 bits per heavy atom. The van der Waals surface area contributed by atoms with E-state index in [9.17, 15) is 10.1 Å².